The van der Waals surface area contributed by atoms with Crippen molar-refractivity contribution in [1.82, 2.24) is 9.97 Å². The van der Waals surface area contributed by atoms with E-state index in [0.29, 0.717) is 36.4 Å². The Bertz CT molecular complexity index is 617. The highest BCUT2D eigenvalue weighted by molar-refractivity contribution is 5.66. The normalized spacial score (nSPS) is 10.1. The van der Waals surface area contributed by atoms with Crippen LogP contribution in [0.25, 0.3) is 0 Å². The summed E-state index contributed by atoms with van der Waals surface area (Å²) in [5, 5.41) is 3.12. The van der Waals surface area contributed by atoms with E-state index < -0.39 is 0 Å². The van der Waals surface area contributed by atoms with Gasteiger partial charge < -0.3 is 25.3 Å². The molecule has 0 fully saturated rings. The largest absolute Gasteiger partial charge is 0.497 e. The molecule has 0 bridgehead atoms. The molecule has 22 heavy (non-hydrogen) atoms. The Hall–Kier alpha value is -2.70. The second kappa shape index (κ2) is 7.35. The van der Waals surface area contributed by atoms with E-state index in [9.17, 15) is 0 Å². The highest BCUT2D eigenvalue weighted by Gasteiger charge is 2.09. The fraction of sp³-hybridized carbons (Fsp3) is 0.333. The van der Waals surface area contributed by atoms with Crippen LogP contribution in [0.3, 0.4) is 0 Å². The molecule has 0 spiro atoms. The SMILES string of the molecule is COc1ccc(OCCNc2nc(C)nc(OC)c2N)cc1. The first-order valence-electron chi connectivity index (χ1n) is 6.83. The molecule has 0 atom stereocenters. The lowest BCUT2D eigenvalue weighted by atomic mass is 10.3. The maximum atomic E-state index is 5.92. The standard InChI is InChI=1S/C15H20N4O3/c1-10-18-14(13(16)15(19-10)21-3)17-8-9-22-12-6-4-11(20-2)5-7-12/h4-7H,8-9,16H2,1-3H3,(H,17,18,19). The highest BCUT2D eigenvalue weighted by Crippen LogP contribution is 2.25. The summed E-state index contributed by atoms with van der Waals surface area (Å²) in [4.78, 5) is 8.35. The number of nitrogens with one attached hydrogen (secondary N) is 1. The number of anilines is 2. The van der Waals surface area contributed by atoms with Crippen LogP contribution in [0.2, 0.25) is 0 Å². The number of hydrogen-bond acceptors (Lipinski definition) is 7. The molecule has 1 aromatic heterocycles. The molecule has 1 aromatic carbocycles. The minimum absolute atomic E-state index is 0.367. The van der Waals surface area contributed by atoms with Crippen molar-refractivity contribution in [2.75, 3.05) is 38.4 Å². The summed E-state index contributed by atoms with van der Waals surface area (Å²) in [6.07, 6.45) is 0. The Morgan fingerprint density at radius 1 is 1.05 bits per heavy atom. The first-order valence-corrected chi connectivity index (χ1v) is 6.83. The molecule has 0 amide bonds. The number of nitrogens with two attached hydrogens (primary N) is 1. The molecule has 2 rings (SSSR count). The van der Waals surface area contributed by atoms with Gasteiger partial charge in [0.25, 0.3) is 0 Å². The molecule has 1 heterocycles. The Morgan fingerprint density at radius 3 is 2.36 bits per heavy atom. The van der Waals surface area contributed by atoms with E-state index in [1.54, 1.807) is 14.0 Å². The summed E-state index contributed by atoms with van der Waals surface area (Å²) in [7, 11) is 3.15. The molecular formula is C15H20N4O3. The smallest absolute Gasteiger partial charge is 0.242 e. The highest BCUT2D eigenvalue weighted by atomic mass is 16.5. The predicted molar refractivity (Wildman–Crippen MR) is 84.7 cm³/mol. The number of nitrogen functional groups attached to an aromatic ring is 1. The van der Waals surface area contributed by atoms with Gasteiger partial charge in [-0.3, -0.25) is 0 Å². The number of methoxy groups -OCH3 is 2. The number of hydrogen-bond donors (Lipinski definition) is 2. The first kappa shape index (κ1) is 15.7. The number of aryl methyl sites for hydroxylation is 1. The zero-order valence-corrected chi connectivity index (χ0v) is 12.9. The zero-order chi connectivity index (χ0) is 15.9. The van der Waals surface area contributed by atoms with Crippen LogP contribution in [0.5, 0.6) is 17.4 Å². The Labute approximate surface area is 129 Å². The molecule has 7 heteroatoms. The molecule has 0 unspecified atom stereocenters. The summed E-state index contributed by atoms with van der Waals surface area (Å²) < 4.78 is 15.8. The van der Waals surface area contributed by atoms with Crippen LogP contribution in [0, 0.1) is 6.92 Å². The fourth-order valence-electron chi connectivity index (χ4n) is 1.86. The van der Waals surface area contributed by atoms with Gasteiger partial charge >= 0.3 is 0 Å². The monoisotopic (exact) mass is 304 g/mol. The van der Waals surface area contributed by atoms with E-state index in [1.807, 2.05) is 24.3 Å². The molecule has 3 N–H and O–H groups in total. The minimum Gasteiger partial charge on any atom is -0.497 e. The van der Waals surface area contributed by atoms with Crippen LogP contribution in [-0.2, 0) is 0 Å². The first-order chi connectivity index (χ1) is 10.6. The predicted octanol–water partition coefficient (Wildman–Crippen LogP) is 1.88. The molecule has 0 saturated carbocycles. The van der Waals surface area contributed by atoms with Crippen LogP contribution < -0.4 is 25.3 Å². The number of ether oxygens (including phenoxy) is 3. The van der Waals surface area contributed by atoms with Gasteiger partial charge in [-0.1, -0.05) is 0 Å². The fourth-order valence-corrected chi connectivity index (χ4v) is 1.86. The molecule has 0 aliphatic heterocycles. The van der Waals surface area contributed by atoms with Gasteiger partial charge in [-0.2, -0.15) is 4.98 Å². The number of nitrogens with zero attached hydrogens (tertiary/aromatic N) is 2. The van der Waals surface area contributed by atoms with Crippen molar-refractivity contribution in [2.24, 2.45) is 0 Å². The van der Waals surface area contributed by atoms with Gasteiger partial charge in [0, 0.05) is 0 Å². The van der Waals surface area contributed by atoms with Crippen LogP contribution in [-0.4, -0.2) is 37.3 Å². The quantitative estimate of drug-likeness (QED) is 0.754. The maximum absolute atomic E-state index is 5.92. The molecule has 0 aliphatic rings. The van der Waals surface area contributed by atoms with Crippen LogP contribution in [0.1, 0.15) is 5.82 Å². The van der Waals surface area contributed by atoms with Crippen LogP contribution in [0.15, 0.2) is 24.3 Å². The lowest BCUT2D eigenvalue weighted by molar-refractivity contribution is 0.331. The third kappa shape index (κ3) is 3.91. The third-order valence-corrected chi connectivity index (χ3v) is 2.94. The van der Waals surface area contributed by atoms with E-state index in [2.05, 4.69) is 15.3 Å². The van der Waals surface area contributed by atoms with Crippen molar-refractivity contribution >= 4 is 11.5 Å². The summed E-state index contributed by atoms with van der Waals surface area (Å²) in [6.45, 7) is 2.80. The summed E-state index contributed by atoms with van der Waals surface area (Å²) >= 11 is 0. The van der Waals surface area contributed by atoms with Gasteiger partial charge in [0.1, 0.15) is 29.6 Å². The molecule has 0 radical (unpaired) electrons. The second-order valence-electron chi connectivity index (χ2n) is 4.49. The van der Waals surface area contributed by atoms with Crippen molar-refractivity contribution in [3.8, 4) is 17.4 Å². The van der Waals surface area contributed by atoms with Crippen LogP contribution in [0.4, 0.5) is 11.5 Å². The molecule has 2 aromatic rings. The van der Waals surface area contributed by atoms with Crippen molar-refractivity contribution in [1.29, 1.82) is 0 Å². The molecule has 118 valence electrons. The lowest BCUT2D eigenvalue weighted by Crippen LogP contribution is -2.15. The second-order valence-corrected chi connectivity index (χ2v) is 4.49. The van der Waals surface area contributed by atoms with E-state index in [4.69, 9.17) is 19.9 Å². The number of rotatable bonds is 7. The Morgan fingerprint density at radius 2 is 1.73 bits per heavy atom. The van der Waals surface area contributed by atoms with Gasteiger partial charge in [0.2, 0.25) is 5.88 Å². The van der Waals surface area contributed by atoms with Crippen molar-refractivity contribution in [2.45, 2.75) is 6.92 Å². The van der Waals surface area contributed by atoms with E-state index in [1.165, 1.54) is 7.11 Å². The van der Waals surface area contributed by atoms with Gasteiger partial charge in [0.05, 0.1) is 20.8 Å². The van der Waals surface area contributed by atoms with E-state index in [-0.39, 0.29) is 0 Å². The topological polar surface area (TPSA) is 91.5 Å². The molecular weight excluding hydrogens is 284 g/mol. The summed E-state index contributed by atoms with van der Waals surface area (Å²) in [5.41, 5.74) is 6.31. The third-order valence-electron chi connectivity index (χ3n) is 2.94. The van der Waals surface area contributed by atoms with Crippen molar-refractivity contribution < 1.29 is 14.2 Å². The number of benzene rings is 1. The van der Waals surface area contributed by atoms with E-state index in [0.717, 1.165) is 11.5 Å². The summed E-state index contributed by atoms with van der Waals surface area (Å²) in [6, 6.07) is 7.40. The van der Waals surface area contributed by atoms with Gasteiger partial charge in [-0.25, -0.2) is 4.98 Å². The molecule has 0 saturated heterocycles. The Kier molecular flexibility index (Phi) is 5.24. The van der Waals surface area contributed by atoms with Gasteiger partial charge in [0.15, 0.2) is 5.82 Å². The molecule has 0 aliphatic carbocycles. The minimum atomic E-state index is 0.367. The number of aromatic nitrogens is 2. The van der Waals surface area contributed by atoms with Gasteiger partial charge in [-0.05, 0) is 31.2 Å². The molecule has 7 nitrogen and oxygen atoms in total. The summed E-state index contributed by atoms with van der Waals surface area (Å²) in [5.74, 6) is 3.06. The average Bonchev–Trinajstić information content (AvgIpc) is 2.54. The maximum Gasteiger partial charge on any atom is 0.242 e. The van der Waals surface area contributed by atoms with Crippen molar-refractivity contribution in [3.05, 3.63) is 30.1 Å². The van der Waals surface area contributed by atoms with Crippen molar-refractivity contribution in [3.63, 3.8) is 0 Å². The lowest BCUT2D eigenvalue weighted by Gasteiger charge is -2.12. The average molecular weight is 304 g/mol. The van der Waals surface area contributed by atoms with Gasteiger partial charge in [-0.15, -0.1) is 0 Å². The zero-order valence-electron chi connectivity index (χ0n) is 12.9. The van der Waals surface area contributed by atoms with E-state index >= 15 is 0 Å². The Balaban J connectivity index is 1.87. The van der Waals surface area contributed by atoms with Crippen LogP contribution >= 0.6 is 0 Å².